The second kappa shape index (κ2) is 14.5. The van der Waals surface area contributed by atoms with Crippen LogP contribution in [0.4, 0.5) is 0 Å². The average Bonchev–Trinajstić information content (AvgIpc) is 2.70. The van der Waals surface area contributed by atoms with Gasteiger partial charge in [0.1, 0.15) is 12.1 Å². The summed E-state index contributed by atoms with van der Waals surface area (Å²) in [6.07, 6.45) is 1.54. The van der Waals surface area contributed by atoms with E-state index in [0.29, 0.717) is 18.6 Å². The van der Waals surface area contributed by atoms with E-state index < -0.39 is 54.0 Å². The third-order valence-electron chi connectivity index (χ3n) is 4.67. The number of carbonyl (C=O) groups excluding carboxylic acids is 3. The quantitative estimate of drug-likeness (QED) is 0.159. The van der Waals surface area contributed by atoms with Gasteiger partial charge in [-0.15, -0.1) is 0 Å². The number of aliphatic hydroxyl groups is 1. The molecule has 6 unspecified atom stereocenters. The first kappa shape index (κ1) is 28.5. The van der Waals surface area contributed by atoms with Gasteiger partial charge in [-0.3, -0.25) is 14.4 Å². The molecular formula is C18H34N4O6S2. The van der Waals surface area contributed by atoms with Gasteiger partial charge in [0.05, 0.1) is 12.1 Å². The molecule has 7 N–H and O–H groups in total. The summed E-state index contributed by atoms with van der Waals surface area (Å²) >= 11 is 5.53. The predicted molar refractivity (Wildman–Crippen MR) is 119 cm³/mol. The summed E-state index contributed by atoms with van der Waals surface area (Å²) in [7, 11) is 0. The first-order chi connectivity index (χ1) is 14.0. The molecule has 3 amide bonds. The fourth-order valence-electron chi connectivity index (χ4n) is 2.39. The summed E-state index contributed by atoms with van der Waals surface area (Å²) in [5.41, 5.74) is 5.93. The summed E-state index contributed by atoms with van der Waals surface area (Å²) in [6.45, 7) is 4.97. The zero-order valence-electron chi connectivity index (χ0n) is 17.8. The number of hydrogen-bond donors (Lipinski definition) is 7. The molecule has 0 aliphatic heterocycles. The summed E-state index contributed by atoms with van der Waals surface area (Å²) < 4.78 is 0. The molecule has 10 nitrogen and oxygen atoms in total. The van der Waals surface area contributed by atoms with E-state index in [1.54, 1.807) is 0 Å². The van der Waals surface area contributed by atoms with E-state index in [4.69, 9.17) is 10.8 Å². The van der Waals surface area contributed by atoms with Gasteiger partial charge in [0, 0.05) is 5.75 Å². The molecule has 0 saturated carbocycles. The highest BCUT2D eigenvalue weighted by Crippen LogP contribution is 2.08. The molecule has 0 aromatic heterocycles. The highest BCUT2D eigenvalue weighted by atomic mass is 32.2. The zero-order chi connectivity index (χ0) is 23.4. The highest BCUT2D eigenvalue weighted by Gasteiger charge is 2.31. The van der Waals surface area contributed by atoms with Gasteiger partial charge in [-0.25, -0.2) is 4.79 Å². The first-order valence-electron chi connectivity index (χ1n) is 9.67. The molecule has 0 aliphatic carbocycles. The van der Waals surface area contributed by atoms with Crippen LogP contribution in [-0.2, 0) is 19.2 Å². The molecule has 174 valence electrons. The van der Waals surface area contributed by atoms with Crippen molar-refractivity contribution in [2.24, 2.45) is 11.7 Å². The number of thioether (sulfide) groups is 1. The van der Waals surface area contributed by atoms with Crippen LogP contribution in [0, 0.1) is 5.92 Å². The minimum atomic E-state index is -1.53. The van der Waals surface area contributed by atoms with Crippen LogP contribution in [0.2, 0.25) is 0 Å². The van der Waals surface area contributed by atoms with Gasteiger partial charge in [0.25, 0.3) is 0 Å². The Hall–Kier alpha value is -1.50. The van der Waals surface area contributed by atoms with Crippen molar-refractivity contribution in [3.63, 3.8) is 0 Å². The van der Waals surface area contributed by atoms with Gasteiger partial charge in [-0.2, -0.15) is 24.4 Å². The van der Waals surface area contributed by atoms with E-state index in [9.17, 15) is 24.3 Å². The van der Waals surface area contributed by atoms with Crippen molar-refractivity contribution in [3.8, 4) is 0 Å². The van der Waals surface area contributed by atoms with Crippen LogP contribution in [0.5, 0.6) is 0 Å². The largest absolute Gasteiger partial charge is 0.480 e. The summed E-state index contributed by atoms with van der Waals surface area (Å²) in [6, 6.07) is -4.37. The maximum Gasteiger partial charge on any atom is 0.328 e. The number of nitrogens with one attached hydrogen (secondary N) is 3. The Balaban J connectivity index is 5.22. The van der Waals surface area contributed by atoms with Crippen LogP contribution in [0.15, 0.2) is 0 Å². The van der Waals surface area contributed by atoms with Gasteiger partial charge in [0.2, 0.25) is 17.7 Å². The van der Waals surface area contributed by atoms with Crippen molar-refractivity contribution in [1.82, 2.24) is 16.0 Å². The summed E-state index contributed by atoms with van der Waals surface area (Å²) in [5.74, 6) is -2.88. The van der Waals surface area contributed by atoms with E-state index in [1.807, 2.05) is 20.1 Å². The summed E-state index contributed by atoms with van der Waals surface area (Å²) in [4.78, 5) is 48.6. The van der Waals surface area contributed by atoms with Crippen molar-refractivity contribution in [3.05, 3.63) is 0 Å². The highest BCUT2D eigenvalue weighted by molar-refractivity contribution is 7.98. The van der Waals surface area contributed by atoms with Crippen molar-refractivity contribution in [2.45, 2.75) is 63.9 Å². The lowest BCUT2D eigenvalue weighted by atomic mass is 9.99. The second-order valence-electron chi connectivity index (χ2n) is 7.06. The molecule has 0 bridgehead atoms. The lowest BCUT2D eigenvalue weighted by molar-refractivity contribution is -0.145. The van der Waals surface area contributed by atoms with Gasteiger partial charge in [-0.1, -0.05) is 20.3 Å². The maximum atomic E-state index is 12.7. The number of amides is 3. The van der Waals surface area contributed by atoms with E-state index in [-0.39, 0.29) is 11.7 Å². The number of aliphatic hydroxyl groups excluding tert-OH is 1. The van der Waals surface area contributed by atoms with Crippen LogP contribution in [-0.4, -0.2) is 81.9 Å². The van der Waals surface area contributed by atoms with Crippen LogP contribution in [0.1, 0.15) is 33.6 Å². The lowest BCUT2D eigenvalue weighted by Gasteiger charge is -2.25. The van der Waals surface area contributed by atoms with Crippen molar-refractivity contribution in [1.29, 1.82) is 0 Å². The Morgan fingerprint density at radius 2 is 1.57 bits per heavy atom. The normalized spacial score (nSPS) is 17.0. The molecule has 12 heteroatoms. The molecule has 30 heavy (non-hydrogen) atoms. The third-order valence-corrected chi connectivity index (χ3v) is 5.67. The van der Waals surface area contributed by atoms with Crippen LogP contribution in [0.3, 0.4) is 0 Å². The predicted octanol–water partition coefficient (Wildman–Crippen LogP) is -1.04. The molecular weight excluding hydrogens is 432 g/mol. The van der Waals surface area contributed by atoms with E-state index in [1.165, 1.54) is 18.7 Å². The topological polar surface area (TPSA) is 171 Å². The van der Waals surface area contributed by atoms with Gasteiger partial charge < -0.3 is 31.9 Å². The Morgan fingerprint density at radius 3 is 2.00 bits per heavy atom. The number of thiol groups is 1. The zero-order valence-corrected chi connectivity index (χ0v) is 19.5. The molecule has 0 spiro atoms. The molecule has 0 radical (unpaired) electrons. The minimum Gasteiger partial charge on any atom is -0.480 e. The van der Waals surface area contributed by atoms with E-state index in [0.717, 1.165) is 0 Å². The molecule has 0 saturated heterocycles. The third kappa shape index (κ3) is 9.54. The standard InChI is InChI=1S/C18H34N4O6S2/c1-5-9(2)13(19)17(26)20-11(6-7-30-4)15(24)21-12(8-29)16(25)22-14(10(3)23)18(27)28/h9-14,23,29H,5-8,19H2,1-4H3,(H,20,26)(H,21,24)(H,22,25)(H,27,28). The number of carboxylic acid groups (broad SMARTS) is 1. The Labute approximate surface area is 186 Å². The van der Waals surface area contributed by atoms with Crippen molar-refractivity contribution >= 4 is 48.1 Å². The Kier molecular flexibility index (Phi) is 13.8. The molecule has 6 atom stereocenters. The number of carbonyl (C=O) groups is 4. The molecule has 0 fully saturated rings. The fraction of sp³-hybridized carbons (Fsp3) is 0.778. The number of hydrogen-bond acceptors (Lipinski definition) is 8. The van der Waals surface area contributed by atoms with Crippen molar-refractivity contribution in [2.75, 3.05) is 17.8 Å². The molecule has 0 aromatic rings. The first-order valence-corrected chi connectivity index (χ1v) is 11.7. The van der Waals surface area contributed by atoms with E-state index in [2.05, 4.69) is 28.6 Å². The number of carboxylic acids is 1. The number of aliphatic carboxylic acids is 1. The van der Waals surface area contributed by atoms with Crippen LogP contribution in [0.25, 0.3) is 0 Å². The molecule has 0 heterocycles. The Morgan fingerprint density at radius 1 is 1.03 bits per heavy atom. The smallest absolute Gasteiger partial charge is 0.328 e. The number of nitrogens with two attached hydrogens (primary N) is 1. The van der Waals surface area contributed by atoms with Gasteiger partial charge in [-0.05, 0) is 31.3 Å². The minimum absolute atomic E-state index is 0.0707. The molecule has 0 aromatic carbocycles. The lowest BCUT2D eigenvalue weighted by Crippen LogP contribution is -2.59. The molecule has 0 rings (SSSR count). The van der Waals surface area contributed by atoms with Crippen molar-refractivity contribution < 1.29 is 29.4 Å². The fourth-order valence-corrected chi connectivity index (χ4v) is 3.12. The monoisotopic (exact) mass is 466 g/mol. The Bertz CT molecular complexity index is 593. The maximum absolute atomic E-state index is 12.7. The second-order valence-corrected chi connectivity index (χ2v) is 8.41. The van der Waals surface area contributed by atoms with Crippen LogP contribution >= 0.6 is 24.4 Å². The average molecular weight is 467 g/mol. The van der Waals surface area contributed by atoms with Gasteiger partial charge >= 0.3 is 5.97 Å². The van der Waals surface area contributed by atoms with Gasteiger partial charge in [0.15, 0.2) is 6.04 Å². The summed E-state index contributed by atoms with van der Waals surface area (Å²) in [5, 5.41) is 25.9. The SMILES string of the molecule is CCC(C)C(N)C(=O)NC(CCSC)C(=O)NC(CS)C(=O)NC(C(=O)O)C(C)O. The van der Waals surface area contributed by atoms with E-state index >= 15 is 0 Å². The van der Waals surface area contributed by atoms with Crippen LogP contribution < -0.4 is 21.7 Å². The number of rotatable bonds is 14. The molecule has 0 aliphatic rings.